The van der Waals surface area contributed by atoms with Gasteiger partial charge in [-0.1, -0.05) is 60.1 Å². The molecule has 0 saturated carbocycles. The van der Waals surface area contributed by atoms with Crippen molar-refractivity contribution in [2.24, 2.45) is 0 Å². The Hall–Kier alpha value is -2.04. The summed E-state index contributed by atoms with van der Waals surface area (Å²) in [6.45, 7) is 1.99. The third kappa shape index (κ3) is 4.48. The SMILES string of the molecule is C[C@@H](OC(=O)NCc1ccccc1)[C@H](O)c1ccccc1Cl. The van der Waals surface area contributed by atoms with Gasteiger partial charge in [0.15, 0.2) is 0 Å². The topological polar surface area (TPSA) is 58.6 Å². The molecule has 0 aliphatic heterocycles. The summed E-state index contributed by atoms with van der Waals surface area (Å²) in [5.41, 5.74) is 1.51. The molecule has 0 aliphatic rings. The maximum atomic E-state index is 11.8. The predicted molar refractivity (Wildman–Crippen MR) is 85.6 cm³/mol. The van der Waals surface area contributed by atoms with E-state index in [0.29, 0.717) is 17.1 Å². The molecule has 0 heterocycles. The van der Waals surface area contributed by atoms with Crippen molar-refractivity contribution < 1.29 is 14.6 Å². The van der Waals surface area contributed by atoms with Crippen LogP contribution in [0.3, 0.4) is 0 Å². The standard InChI is InChI=1S/C17H18ClNO3/c1-12(16(20)14-9-5-6-10-15(14)18)22-17(21)19-11-13-7-3-2-4-8-13/h2-10,12,16,20H,11H2,1H3,(H,19,21)/t12-,16+/m1/s1. The predicted octanol–water partition coefficient (Wildman–Crippen LogP) is 3.69. The van der Waals surface area contributed by atoms with E-state index >= 15 is 0 Å². The molecule has 0 saturated heterocycles. The lowest BCUT2D eigenvalue weighted by Gasteiger charge is -2.20. The Kier molecular flexibility index (Phi) is 5.81. The lowest BCUT2D eigenvalue weighted by molar-refractivity contribution is 0.0118. The number of benzene rings is 2. The lowest BCUT2D eigenvalue weighted by Crippen LogP contribution is -2.30. The number of nitrogens with one attached hydrogen (secondary N) is 1. The molecule has 0 aromatic heterocycles. The second-order valence-electron chi connectivity index (χ2n) is 4.92. The first-order valence-electron chi connectivity index (χ1n) is 6.99. The number of hydrogen-bond acceptors (Lipinski definition) is 3. The summed E-state index contributed by atoms with van der Waals surface area (Å²) in [6.07, 6.45) is -2.27. The molecule has 116 valence electrons. The molecule has 2 aromatic rings. The second kappa shape index (κ2) is 7.82. The van der Waals surface area contributed by atoms with E-state index in [4.69, 9.17) is 16.3 Å². The first kappa shape index (κ1) is 16.3. The van der Waals surface area contributed by atoms with Crippen LogP contribution in [0.25, 0.3) is 0 Å². The fourth-order valence-corrected chi connectivity index (χ4v) is 2.26. The molecule has 22 heavy (non-hydrogen) atoms. The fourth-order valence-electron chi connectivity index (χ4n) is 2.01. The van der Waals surface area contributed by atoms with Crippen LogP contribution in [0.5, 0.6) is 0 Å². The van der Waals surface area contributed by atoms with Gasteiger partial charge < -0.3 is 15.2 Å². The number of alkyl carbamates (subject to hydrolysis) is 1. The Bertz CT molecular complexity index is 618. The molecular formula is C17H18ClNO3. The number of carbonyl (C=O) groups is 1. The van der Waals surface area contributed by atoms with Crippen LogP contribution in [0.1, 0.15) is 24.2 Å². The minimum atomic E-state index is -0.976. The zero-order valence-corrected chi connectivity index (χ0v) is 13.0. The maximum Gasteiger partial charge on any atom is 0.407 e. The zero-order chi connectivity index (χ0) is 15.9. The average molecular weight is 320 g/mol. The highest BCUT2D eigenvalue weighted by atomic mass is 35.5. The summed E-state index contributed by atoms with van der Waals surface area (Å²) in [4.78, 5) is 11.8. The summed E-state index contributed by atoms with van der Waals surface area (Å²) in [5, 5.41) is 13.3. The number of ether oxygens (including phenoxy) is 1. The van der Waals surface area contributed by atoms with Gasteiger partial charge in [-0.25, -0.2) is 4.79 Å². The molecule has 0 radical (unpaired) electrons. The van der Waals surface area contributed by atoms with Gasteiger partial charge in [0.2, 0.25) is 0 Å². The quantitative estimate of drug-likeness (QED) is 0.883. The van der Waals surface area contributed by atoms with Gasteiger partial charge in [-0.3, -0.25) is 0 Å². The highest BCUT2D eigenvalue weighted by Gasteiger charge is 2.22. The molecule has 0 fully saturated rings. The van der Waals surface area contributed by atoms with Crippen molar-refractivity contribution in [3.8, 4) is 0 Å². The molecule has 0 aliphatic carbocycles. The van der Waals surface area contributed by atoms with Crippen LogP contribution in [0, 0.1) is 0 Å². The van der Waals surface area contributed by atoms with E-state index in [1.165, 1.54) is 0 Å². The Morgan fingerprint density at radius 3 is 2.50 bits per heavy atom. The Labute approximate surface area is 134 Å². The van der Waals surface area contributed by atoms with Gasteiger partial charge >= 0.3 is 6.09 Å². The van der Waals surface area contributed by atoms with Crippen molar-refractivity contribution in [1.82, 2.24) is 5.32 Å². The number of halogens is 1. The molecule has 5 heteroatoms. The van der Waals surface area contributed by atoms with E-state index in [2.05, 4.69) is 5.32 Å². The Morgan fingerprint density at radius 1 is 1.18 bits per heavy atom. The van der Waals surface area contributed by atoms with Crippen molar-refractivity contribution in [2.45, 2.75) is 25.7 Å². The molecule has 1 amide bonds. The van der Waals surface area contributed by atoms with E-state index in [9.17, 15) is 9.90 Å². The third-order valence-electron chi connectivity index (χ3n) is 3.24. The number of rotatable bonds is 5. The molecule has 0 spiro atoms. The van der Waals surface area contributed by atoms with Gasteiger partial charge in [-0.15, -0.1) is 0 Å². The summed E-state index contributed by atoms with van der Waals surface area (Å²) in [7, 11) is 0. The van der Waals surface area contributed by atoms with Gasteiger partial charge in [0.1, 0.15) is 12.2 Å². The molecule has 2 N–H and O–H groups in total. The summed E-state index contributed by atoms with van der Waals surface area (Å²) in [5.74, 6) is 0. The molecule has 2 atom stereocenters. The van der Waals surface area contributed by atoms with E-state index in [0.717, 1.165) is 5.56 Å². The highest BCUT2D eigenvalue weighted by molar-refractivity contribution is 6.31. The van der Waals surface area contributed by atoms with E-state index in [-0.39, 0.29) is 0 Å². The van der Waals surface area contributed by atoms with Gasteiger partial charge in [0, 0.05) is 17.1 Å². The van der Waals surface area contributed by atoms with Crippen LogP contribution in [0.2, 0.25) is 5.02 Å². The molecule has 0 unspecified atom stereocenters. The number of aliphatic hydroxyl groups is 1. The van der Waals surface area contributed by atoms with Crippen LogP contribution in [-0.4, -0.2) is 17.3 Å². The van der Waals surface area contributed by atoms with E-state index in [1.54, 1.807) is 31.2 Å². The zero-order valence-electron chi connectivity index (χ0n) is 12.2. The van der Waals surface area contributed by atoms with Gasteiger partial charge in [-0.05, 0) is 18.6 Å². The molecule has 2 rings (SSSR count). The minimum Gasteiger partial charge on any atom is -0.443 e. The summed E-state index contributed by atoms with van der Waals surface area (Å²) >= 11 is 6.02. The summed E-state index contributed by atoms with van der Waals surface area (Å²) in [6, 6.07) is 16.4. The molecule has 0 bridgehead atoms. The Balaban J connectivity index is 1.87. The fraction of sp³-hybridized carbons (Fsp3) is 0.235. The van der Waals surface area contributed by atoms with Crippen LogP contribution in [0.4, 0.5) is 4.79 Å². The number of carbonyl (C=O) groups excluding carboxylic acids is 1. The van der Waals surface area contributed by atoms with Crippen LogP contribution < -0.4 is 5.32 Å². The summed E-state index contributed by atoms with van der Waals surface area (Å²) < 4.78 is 5.18. The molecule has 2 aromatic carbocycles. The highest BCUT2D eigenvalue weighted by Crippen LogP contribution is 2.26. The normalized spacial score (nSPS) is 13.2. The first-order valence-corrected chi connectivity index (χ1v) is 7.36. The first-order chi connectivity index (χ1) is 10.6. The average Bonchev–Trinajstić information content (AvgIpc) is 2.53. The van der Waals surface area contributed by atoms with Gasteiger partial charge in [0.25, 0.3) is 0 Å². The maximum absolute atomic E-state index is 11.8. The number of aliphatic hydroxyl groups excluding tert-OH is 1. The van der Waals surface area contributed by atoms with Gasteiger partial charge in [0.05, 0.1) is 0 Å². The van der Waals surface area contributed by atoms with Crippen molar-refractivity contribution in [3.63, 3.8) is 0 Å². The number of amides is 1. The molecule has 4 nitrogen and oxygen atoms in total. The van der Waals surface area contributed by atoms with Crippen LogP contribution in [0.15, 0.2) is 54.6 Å². The number of hydrogen-bond donors (Lipinski definition) is 2. The monoisotopic (exact) mass is 319 g/mol. The molecular weight excluding hydrogens is 302 g/mol. The Morgan fingerprint density at radius 2 is 1.82 bits per heavy atom. The van der Waals surface area contributed by atoms with Crippen molar-refractivity contribution >= 4 is 17.7 Å². The van der Waals surface area contributed by atoms with Crippen molar-refractivity contribution in [2.75, 3.05) is 0 Å². The second-order valence-corrected chi connectivity index (χ2v) is 5.32. The van der Waals surface area contributed by atoms with E-state index in [1.807, 2.05) is 30.3 Å². The van der Waals surface area contributed by atoms with E-state index < -0.39 is 18.3 Å². The largest absolute Gasteiger partial charge is 0.443 e. The van der Waals surface area contributed by atoms with Gasteiger partial charge in [-0.2, -0.15) is 0 Å². The van der Waals surface area contributed by atoms with Crippen LogP contribution in [-0.2, 0) is 11.3 Å². The van der Waals surface area contributed by atoms with Crippen LogP contribution >= 0.6 is 11.6 Å². The minimum absolute atomic E-state index is 0.370. The lowest BCUT2D eigenvalue weighted by atomic mass is 10.1. The van der Waals surface area contributed by atoms with Crippen molar-refractivity contribution in [3.05, 3.63) is 70.7 Å². The smallest absolute Gasteiger partial charge is 0.407 e. The van der Waals surface area contributed by atoms with Crippen molar-refractivity contribution in [1.29, 1.82) is 0 Å². The third-order valence-corrected chi connectivity index (χ3v) is 3.59.